The largest absolute Gasteiger partial charge is 0.383 e. The molecule has 0 bridgehead atoms. The average Bonchev–Trinajstić information content (AvgIpc) is 3.23. The Morgan fingerprint density at radius 1 is 1.35 bits per heavy atom. The summed E-state index contributed by atoms with van der Waals surface area (Å²) in [6, 6.07) is 7.60. The Bertz CT molecular complexity index is 541. The number of benzene rings is 1. The van der Waals surface area contributed by atoms with Crippen LogP contribution in [-0.4, -0.2) is 39.0 Å². The smallest absolute Gasteiger partial charge is 0.218 e. The molecule has 0 unspecified atom stereocenters. The molecule has 0 heterocycles. The minimum Gasteiger partial charge on any atom is -0.383 e. The Labute approximate surface area is 120 Å². The number of sulfonamides is 1. The summed E-state index contributed by atoms with van der Waals surface area (Å²) >= 11 is 0. The van der Waals surface area contributed by atoms with E-state index in [4.69, 9.17) is 10.5 Å². The second-order valence-corrected chi connectivity index (χ2v) is 7.04. The number of hydrogen-bond acceptors (Lipinski definition) is 4. The van der Waals surface area contributed by atoms with E-state index in [1.54, 1.807) is 11.4 Å². The topological polar surface area (TPSA) is 72.6 Å². The predicted molar refractivity (Wildman–Crippen MR) is 78.6 cm³/mol. The van der Waals surface area contributed by atoms with Crippen molar-refractivity contribution in [1.82, 2.24) is 4.31 Å². The molecule has 0 aliphatic heterocycles. The first-order valence-corrected chi connectivity index (χ1v) is 8.44. The molecule has 1 aromatic carbocycles. The number of hydrogen-bond donors (Lipinski definition) is 1. The molecule has 5 nitrogen and oxygen atoms in total. The lowest BCUT2D eigenvalue weighted by Crippen LogP contribution is -2.36. The summed E-state index contributed by atoms with van der Waals surface area (Å²) in [7, 11) is -1.71. The molecule has 0 atom stereocenters. The van der Waals surface area contributed by atoms with Crippen LogP contribution in [0.5, 0.6) is 0 Å². The number of nitrogens with zero attached hydrogens (tertiary/aromatic N) is 1. The molecule has 0 aromatic heterocycles. The van der Waals surface area contributed by atoms with Crippen LogP contribution < -0.4 is 5.73 Å². The van der Waals surface area contributed by atoms with Gasteiger partial charge in [0.25, 0.3) is 0 Å². The van der Waals surface area contributed by atoms with Crippen LogP contribution in [0.2, 0.25) is 0 Å². The summed E-state index contributed by atoms with van der Waals surface area (Å²) in [5, 5.41) is 0. The molecule has 0 radical (unpaired) electrons. The quantitative estimate of drug-likeness (QED) is 0.779. The first-order chi connectivity index (χ1) is 9.56. The minimum atomic E-state index is -3.30. The van der Waals surface area contributed by atoms with Crippen LogP contribution in [0.1, 0.15) is 24.0 Å². The Balaban J connectivity index is 2.11. The van der Waals surface area contributed by atoms with E-state index >= 15 is 0 Å². The molecule has 1 saturated carbocycles. The van der Waals surface area contributed by atoms with Crippen molar-refractivity contribution >= 4 is 10.0 Å². The highest BCUT2D eigenvalue weighted by Gasteiger charge is 2.36. The summed E-state index contributed by atoms with van der Waals surface area (Å²) in [5.41, 5.74) is 7.33. The van der Waals surface area contributed by atoms with Crippen molar-refractivity contribution in [2.75, 3.05) is 20.3 Å². The maximum Gasteiger partial charge on any atom is 0.218 e. The van der Waals surface area contributed by atoms with Gasteiger partial charge in [0.1, 0.15) is 0 Å². The normalized spacial score (nSPS) is 15.8. The van der Waals surface area contributed by atoms with Gasteiger partial charge in [0.05, 0.1) is 12.4 Å². The van der Waals surface area contributed by atoms with Gasteiger partial charge in [-0.2, -0.15) is 4.31 Å². The Morgan fingerprint density at radius 3 is 2.65 bits per heavy atom. The van der Waals surface area contributed by atoms with Crippen LogP contribution in [0.15, 0.2) is 24.3 Å². The molecule has 0 saturated heterocycles. The first kappa shape index (κ1) is 15.4. The van der Waals surface area contributed by atoms with Crippen molar-refractivity contribution in [3.8, 4) is 0 Å². The molecule has 0 amide bonds. The zero-order chi connectivity index (χ0) is 14.6. The van der Waals surface area contributed by atoms with E-state index in [1.165, 1.54) is 0 Å². The van der Waals surface area contributed by atoms with Crippen molar-refractivity contribution in [3.63, 3.8) is 0 Å². The highest BCUT2D eigenvalue weighted by Crippen LogP contribution is 2.30. The van der Waals surface area contributed by atoms with E-state index < -0.39 is 10.0 Å². The zero-order valence-electron chi connectivity index (χ0n) is 11.8. The maximum atomic E-state index is 12.5. The van der Waals surface area contributed by atoms with Crippen molar-refractivity contribution < 1.29 is 13.2 Å². The van der Waals surface area contributed by atoms with E-state index in [0.717, 1.165) is 24.0 Å². The third kappa shape index (κ3) is 4.02. The fraction of sp³-hybridized carbons (Fsp3) is 0.571. The van der Waals surface area contributed by atoms with Crippen LogP contribution in [-0.2, 0) is 27.1 Å². The van der Waals surface area contributed by atoms with Crippen molar-refractivity contribution in [2.24, 2.45) is 5.73 Å². The number of nitrogens with two attached hydrogens (primary N) is 1. The van der Waals surface area contributed by atoms with Gasteiger partial charge >= 0.3 is 0 Å². The molecule has 2 N–H and O–H groups in total. The molecule has 20 heavy (non-hydrogen) atoms. The van der Waals surface area contributed by atoms with Crippen molar-refractivity contribution in [2.45, 2.75) is 31.2 Å². The van der Waals surface area contributed by atoms with Gasteiger partial charge in [-0.05, 0) is 24.0 Å². The summed E-state index contributed by atoms with van der Waals surface area (Å²) in [5.74, 6) is 0.0288. The first-order valence-electron chi connectivity index (χ1n) is 6.83. The van der Waals surface area contributed by atoms with E-state index in [2.05, 4.69) is 0 Å². The lowest BCUT2D eigenvalue weighted by molar-refractivity contribution is 0.177. The Hall–Kier alpha value is -0.950. The predicted octanol–water partition coefficient (Wildman–Crippen LogP) is 1.09. The number of ether oxygens (including phenoxy) is 1. The third-order valence-electron chi connectivity index (χ3n) is 3.40. The monoisotopic (exact) mass is 298 g/mol. The Kier molecular flexibility index (Phi) is 5.15. The van der Waals surface area contributed by atoms with Gasteiger partial charge in [-0.3, -0.25) is 0 Å². The Morgan fingerprint density at radius 2 is 2.05 bits per heavy atom. The van der Waals surface area contributed by atoms with Crippen LogP contribution in [0.3, 0.4) is 0 Å². The summed E-state index contributed by atoms with van der Waals surface area (Å²) in [6.07, 6.45) is 1.90. The van der Waals surface area contributed by atoms with E-state index in [0.29, 0.717) is 19.7 Å². The molecule has 1 aliphatic rings. The highest BCUT2D eigenvalue weighted by atomic mass is 32.2. The standard InChI is InChI=1S/C14H22N2O3S/c1-19-8-7-16(14-5-6-14)20(17,18)11-13-4-2-3-12(9-13)10-15/h2-4,9,14H,5-8,10-11,15H2,1H3. The molecular formula is C14H22N2O3S. The van der Waals surface area contributed by atoms with Crippen LogP contribution in [0.4, 0.5) is 0 Å². The van der Waals surface area contributed by atoms with Gasteiger partial charge in [0, 0.05) is 26.2 Å². The fourth-order valence-corrected chi connectivity index (χ4v) is 4.02. The molecule has 112 valence electrons. The molecule has 1 fully saturated rings. The molecule has 0 spiro atoms. The summed E-state index contributed by atoms with van der Waals surface area (Å²) < 4.78 is 31.7. The van der Waals surface area contributed by atoms with Gasteiger partial charge < -0.3 is 10.5 Å². The maximum absolute atomic E-state index is 12.5. The second kappa shape index (κ2) is 6.67. The molecule has 6 heteroatoms. The fourth-order valence-electron chi connectivity index (χ4n) is 2.23. The minimum absolute atomic E-state index is 0.0288. The molecule has 1 aliphatic carbocycles. The summed E-state index contributed by atoms with van der Waals surface area (Å²) in [4.78, 5) is 0. The highest BCUT2D eigenvalue weighted by molar-refractivity contribution is 7.88. The van der Waals surface area contributed by atoms with Crippen molar-refractivity contribution in [1.29, 1.82) is 0 Å². The van der Waals surface area contributed by atoms with E-state index in [1.807, 2.05) is 24.3 Å². The molecule has 1 aromatic rings. The van der Waals surface area contributed by atoms with E-state index in [9.17, 15) is 8.42 Å². The number of rotatable bonds is 8. The average molecular weight is 298 g/mol. The van der Waals surface area contributed by atoms with Crippen LogP contribution in [0, 0.1) is 0 Å². The molecule has 2 rings (SSSR count). The molecular weight excluding hydrogens is 276 g/mol. The summed E-state index contributed by atoms with van der Waals surface area (Å²) in [6.45, 7) is 1.28. The van der Waals surface area contributed by atoms with Crippen LogP contribution >= 0.6 is 0 Å². The lowest BCUT2D eigenvalue weighted by atomic mass is 10.1. The zero-order valence-corrected chi connectivity index (χ0v) is 12.6. The van der Waals surface area contributed by atoms with Gasteiger partial charge in [-0.15, -0.1) is 0 Å². The SMILES string of the molecule is COCCN(C1CC1)S(=O)(=O)Cc1cccc(CN)c1. The van der Waals surface area contributed by atoms with Crippen LogP contribution in [0.25, 0.3) is 0 Å². The van der Waals surface area contributed by atoms with Crippen molar-refractivity contribution in [3.05, 3.63) is 35.4 Å². The van der Waals surface area contributed by atoms with Gasteiger partial charge in [-0.1, -0.05) is 24.3 Å². The lowest BCUT2D eigenvalue weighted by Gasteiger charge is -2.21. The van der Waals surface area contributed by atoms with Gasteiger partial charge in [0.2, 0.25) is 10.0 Å². The second-order valence-electron chi connectivity index (χ2n) is 5.11. The van der Waals surface area contributed by atoms with Gasteiger partial charge in [-0.25, -0.2) is 8.42 Å². The van der Waals surface area contributed by atoms with E-state index in [-0.39, 0.29) is 11.8 Å². The third-order valence-corrected chi connectivity index (χ3v) is 5.30. The number of methoxy groups -OCH3 is 1. The van der Waals surface area contributed by atoms with Gasteiger partial charge in [0.15, 0.2) is 0 Å².